The van der Waals surface area contributed by atoms with E-state index in [1.165, 1.54) is 0 Å². The minimum Gasteiger partial charge on any atom is -0.444 e. The number of nitrogens with zero attached hydrogens (tertiary/aromatic N) is 2. The van der Waals surface area contributed by atoms with Crippen LogP contribution in [-0.4, -0.2) is 65.3 Å². The van der Waals surface area contributed by atoms with Crippen molar-refractivity contribution in [3.63, 3.8) is 0 Å². The third kappa shape index (κ3) is 3.91. The van der Waals surface area contributed by atoms with E-state index in [4.69, 9.17) is 9.47 Å². The zero-order valence-corrected chi connectivity index (χ0v) is 14.3. The Morgan fingerprint density at radius 3 is 2.18 bits per heavy atom. The molecule has 2 fully saturated rings. The molecule has 0 radical (unpaired) electrons. The highest BCUT2D eigenvalue weighted by atomic mass is 16.6. The van der Waals surface area contributed by atoms with Crippen molar-refractivity contribution >= 4 is 12.0 Å². The predicted molar refractivity (Wildman–Crippen MR) is 82.6 cm³/mol. The van der Waals surface area contributed by atoms with Gasteiger partial charge in [-0.25, -0.2) is 4.79 Å². The molecule has 0 aromatic carbocycles. The first-order chi connectivity index (χ1) is 10.2. The van der Waals surface area contributed by atoms with Crippen LogP contribution in [0.25, 0.3) is 0 Å². The molecule has 126 valence electrons. The molecule has 0 saturated carbocycles. The molecular weight excluding hydrogens is 284 g/mol. The zero-order chi connectivity index (χ0) is 16.5. The highest BCUT2D eigenvalue weighted by Crippen LogP contribution is 2.23. The van der Waals surface area contributed by atoms with Crippen molar-refractivity contribution in [3.8, 4) is 0 Å². The minimum atomic E-state index is -0.506. The van der Waals surface area contributed by atoms with Crippen LogP contribution in [-0.2, 0) is 14.3 Å². The lowest BCUT2D eigenvalue weighted by molar-refractivity contribution is -0.148. The van der Waals surface area contributed by atoms with Gasteiger partial charge < -0.3 is 19.3 Å². The molecular formula is C16H28N2O4. The first kappa shape index (κ1) is 17.1. The van der Waals surface area contributed by atoms with Crippen molar-refractivity contribution < 1.29 is 19.1 Å². The summed E-state index contributed by atoms with van der Waals surface area (Å²) in [6.45, 7) is 11.2. The van der Waals surface area contributed by atoms with Crippen LogP contribution in [0.2, 0.25) is 0 Å². The number of piperazine rings is 1. The lowest BCUT2D eigenvalue weighted by atomic mass is 10.1. The third-order valence-corrected chi connectivity index (χ3v) is 4.03. The largest absolute Gasteiger partial charge is 0.444 e. The van der Waals surface area contributed by atoms with Gasteiger partial charge in [0.25, 0.3) is 5.91 Å². The van der Waals surface area contributed by atoms with Gasteiger partial charge in [-0.15, -0.1) is 0 Å². The molecule has 2 heterocycles. The summed E-state index contributed by atoms with van der Waals surface area (Å²) in [5, 5.41) is 0. The molecule has 3 atom stereocenters. The third-order valence-electron chi connectivity index (χ3n) is 4.03. The number of rotatable bonds is 1. The van der Waals surface area contributed by atoms with Gasteiger partial charge in [-0.05, 0) is 47.5 Å². The van der Waals surface area contributed by atoms with E-state index in [0.717, 1.165) is 12.8 Å². The average Bonchev–Trinajstić information content (AvgIpc) is 2.89. The molecule has 0 aliphatic carbocycles. The van der Waals surface area contributed by atoms with Crippen molar-refractivity contribution in [2.75, 3.05) is 19.7 Å². The quantitative estimate of drug-likeness (QED) is 0.743. The van der Waals surface area contributed by atoms with E-state index in [2.05, 4.69) is 0 Å². The summed E-state index contributed by atoms with van der Waals surface area (Å²) in [6.07, 6.45) is 1.12. The van der Waals surface area contributed by atoms with Gasteiger partial charge in [-0.1, -0.05) is 0 Å². The molecule has 2 aliphatic heterocycles. The molecule has 2 amide bonds. The van der Waals surface area contributed by atoms with E-state index in [0.29, 0.717) is 19.7 Å². The Labute approximate surface area is 132 Å². The van der Waals surface area contributed by atoms with E-state index < -0.39 is 5.60 Å². The van der Waals surface area contributed by atoms with Gasteiger partial charge in [0.15, 0.2) is 0 Å². The summed E-state index contributed by atoms with van der Waals surface area (Å²) in [5.74, 6) is 0.0568. The summed E-state index contributed by atoms with van der Waals surface area (Å²) in [7, 11) is 0. The minimum absolute atomic E-state index is 0.0343. The number of hydrogen-bond donors (Lipinski definition) is 0. The number of carbonyl (C=O) groups is 2. The molecule has 1 unspecified atom stereocenters. The average molecular weight is 312 g/mol. The van der Waals surface area contributed by atoms with Crippen LogP contribution < -0.4 is 0 Å². The molecule has 0 N–H and O–H groups in total. The van der Waals surface area contributed by atoms with Crippen LogP contribution in [0.4, 0.5) is 4.79 Å². The molecule has 0 aromatic heterocycles. The zero-order valence-electron chi connectivity index (χ0n) is 14.3. The number of amides is 2. The van der Waals surface area contributed by atoms with Crippen LogP contribution in [0.5, 0.6) is 0 Å². The Morgan fingerprint density at radius 1 is 1.14 bits per heavy atom. The Balaban J connectivity index is 1.99. The van der Waals surface area contributed by atoms with Gasteiger partial charge in [-0.3, -0.25) is 4.79 Å². The van der Waals surface area contributed by atoms with Crippen molar-refractivity contribution in [2.24, 2.45) is 0 Å². The topological polar surface area (TPSA) is 59.1 Å². The van der Waals surface area contributed by atoms with Gasteiger partial charge >= 0.3 is 6.09 Å². The van der Waals surface area contributed by atoms with Crippen LogP contribution in [0.15, 0.2) is 0 Å². The highest BCUT2D eigenvalue weighted by Gasteiger charge is 2.39. The lowest BCUT2D eigenvalue weighted by Crippen LogP contribution is -2.61. The van der Waals surface area contributed by atoms with Crippen LogP contribution in [0, 0.1) is 0 Å². The Kier molecular flexibility index (Phi) is 5.00. The van der Waals surface area contributed by atoms with E-state index >= 15 is 0 Å². The monoisotopic (exact) mass is 312 g/mol. The number of carbonyl (C=O) groups excluding carboxylic acids is 2. The molecule has 2 rings (SSSR count). The maximum Gasteiger partial charge on any atom is 0.410 e. The molecule has 0 spiro atoms. The first-order valence-corrected chi connectivity index (χ1v) is 8.11. The fourth-order valence-electron chi connectivity index (χ4n) is 3.17. The normalized spacial score (nSPS) is 29.6. The summed E-state index contributed by atoms with van der Waals surface area (Å²) in [6, 6.07) is -0.0686. The predicted octanol–water partition coefficient (Wildman–Crippen LogP) is 2.02. The Morgan fingerprint density at radius 2 is 1.73 bits per heavy atom. The van der Waals surface area contributed by atoms with Crippen LogP contribution in [0.3, 0.4) is 0 Å². The molecule has 0 bridgehead atoms. The van der Waals surface area contributed by atoms with Gasteiger partial charge in [0.2, 0.25) is 0 Å². The smallest absolute Gasteiger partial charge is 0.410 e. The van der Waals surface area contributed by atoms with Gasteiger partial charge in [-0.2, -0.15) is 0 Å². The summed E-state index contributed by atoms with van der Waals surface area (Å²) < 4.78 is 10.9. The standard InChI is InChI=1S/C16H28N2O4/c1-11-9-17(15(20)22-16(3,4)5)10-12(2)18(11)14(19)13-7-6-8-21-13/h11-13H,6-10H2,1-5H3/t11-,12+,13?. The SMILES string of the molecule is C[C@@H]1CN(C(=O)OC(C)(C)C)C[C@H](C)N1C(=O)C1CCCO1. The molecule has 6 heteroatoms. The van der Waals surface area contributed by atoms with Crippen LogP contribution >= 0.6 is 0 Å². The second kappa shape index (κ2) is 6.44. The van der Waals surface area contributed by atoms with Gasteiger partial charge in [0.1, 0.15) is 11.7 Å². The van der Waals surface area contributed by atoms with E-state index in [-0.39, 0.29) is 30.2 Å². The Bertz CT molecular complexity index is 414. The van der Waals surface area contributed by atoms with E-state index in [1.807, 2.05) is 39.5 Å². The summed E-state index contributed by atoms with van der Waals surface area (Å²) in [5.41, 5.74) is -0.506. The first-order valence-electron chi connectivity index (χ1n) is 8.11. The Hall–Kier alpha value is -1.30. The van der Waals surface area contributed by atoms with Crippen LogP contribution in [0.1, 0.15) is 47.5 Å². The molecule has 0 aromatic rings. The number of ether oxygens (including phenoxy) is 2. The lowest BCUT2D eigenvalue weighted by Gasteiger charge is -2.45. The molecule has 22 heavy (non-hydrogen) atoms. The summed E-state index contributed by atoms with van der Waals surface area (Å²) >= 11 is 0. The fourth-order valence-corrected chi connectivity index (χ4v) is 3.17. The van der Waals surface area contributed by atoms with Crippen molar-refractivity contribution in [1.82, 2.24) is 9.80 Å². The van der Waals surface area contributed by atoms with Gasteiger partial charge in [0, 0.05) is 31.8 Å². The highest BCUT2D eigenvalue weighted by molar-refractivity contribution is 5.82. The van der Waals surface area contributed by atoms with E-state index in [9.17, 15) is 9.59 Å². The van der Waals surface area contributed by atoms with E-state index in [1.54, 1.807) is 4.90 Å². The molecule has 2 saturated heterocycles. The molecule has 2 aliphatic rings. The number of hydrogen-bond acceptors (Lipinski definition) is 4. The second-order valence-electron chi connectivity index (χ2n) is 7.33. The van der Waals surface area contributed by atoms with Crippen molar-refractivity contribution in [3.05, 3.63) is 0 Å². The fraction of sp³-hybridized carbons (Fsp3) is 0.875. The maximum atomic E-state index is 12.6. The second-order valence-corrected chi connectivity index (χ2v) is 7.33. The molecule has 6 nitrogen and oxygen atoms in total. The van der Waals surface area contributed by atoms with Crippen molar-refractivity contribution in [1.29, 1.82) is 0 Å². The van der Waals surface area contributed by atoms with Gasteiger partial charge in [0.05, 0.1) is 0 Å². The summed E-state index contributed by atoms with van der Waals surface area (Å²) in [4.78, 5) is 28.4. The maximum absolute atomic E-state index is 12.6. The van der Waals surface area contributed by atoms with Crippen molar-refractivity contribution in [2.45, 2.75) is 71.2 Å².